The van der Waals surface area contributed by atoms with Gasteiger partial charge in [0.15, 0.2) is 0 Å². The van der Waals surface area contributed by atoms with Gasteiger partial charge in [-0.15, -0.1) is 0 Å². The fraction of sp³-hybridized carbons (Fsp3) is 0.0833. The molecule has 2 heterocycles. The molecular weight excluding hydrogens is 236 g/mol. The maximum Gasteiger partial charge on any atom is 0.136 e. The summed E-state index contributed by atoms with van der Waals surface area (Å²) < 4.78 is 0. The van der Waals surface area contributed by atoms with Crippen LogP contribution in [0.5, 0.6) is 0 Å². The summed E-state index contributed by atoms with van der Waals surface area (Å²) in [6, 6.07) is 5.69. The molecule has 0 aliphatic heterocycles. The predicted octanol–water partition coefficient (Wildman–Crippen LogP) is 2.55. The molecule has 0 radical (unpaired) electrons. The van der Waals surface area contributed by atoms with Gasteiger partial charge in [-0.3, -0.25) is 5.41 Å². The van der Waals surface area contributed by atoms with Crippen molar-refractivity contribution in [2.24, 2.45) is 4.99 Å². The summed E-state index contributed by atoms with van der Waals surface area (Å²) in [4.78, 5) is 10.9. The number of hydrogen-bond acceptors (Lipinski definition) is 2. The third-order valence-electron chi connectivity index (χ3n) is 2.28. The molecule has 86 valence electrons. The minimum absolute atomic E-state index is 0.461. The van der Waals surface area contributed by atoms with E-state index in [-0.39, 0.29) is 0 Å². The van der Waals surface area contributed by atoms with Gasteiger partial charge in [0.1, 0.15) is 17.0 Å². The highest BCUT2D eigenvalue weighted by Gasteiger charge is 2.04. The van der Waals surface area contributed by atoms with Gasteiger partial charge in [-0.1, -0.05) is 11.6 Å². The lowest BCUT2D eigenvalue weighted by Gasteiger charge is -2.04. The van der Waals surface area contributed by atoms with Crippen LogP contribution in [0, 0.1) is 12.3 Å². The summed E-state index contributed by atoms with van der Waals surface area (Å²) in [6.45, 7) is 1.96. The second kappa shape index (κ2) is 4.93. The average molecular weight is 247 g/mol. The van der Waals surface area contributed by atoms with Crippen LogP contribution in [0.2, 0.25) is 5.15 Å². The lowest BCUT2D eigenvalue weighted by molar-refractivity contribution is 1.17. The van der Waals surface area contributed by atoms with E-state index in [0.717, 1.165) is 23.0 Å². The Morgan fingerprint density at radius 3 is 3.06 bits per heavy atom. The van der Waals surface area contributed by atoms with E-state index in [1.54, 1.807) is 12.4 Å². The van der Waals surface area contributed by atoms with Crippen molar-refractivity contribution in [3.05, 3.63) is 46.8 Å². The van der Waals surface area contributed by atoms with Crippen molar-refractivity contribution < 1.29 is 0 Å². The molecular formula is C12H11ClN4. The zero-order valence-electron chi connectivity index (χ0n) is 9.24. The predicted molar refractivity (Wildman–Crippen MR) is 68.1 cm³/mol. The van der Waals surface area contributed by atoms with Gasteiger partial charge in [0.2, 0.25) is 0 Å². The Kier molecular flexibility index (Phi) is 3.35. The Morgan fingerprint density at radius 1 is 1.47 bits per heavy atom. The maximum absolute atomic E-state index is 6.94. The lowest BCUT2D eigenvalue weighted by Crippen LogP contribution is -2.06. The topological polar surface area (TPSA) is 64.9 Å². The van der Waals surface area contributed by atoms with Crippen LogP contribution < -0.4 is 5.49 Å². The van der Waals surface area contributed by atoms with Crippen LogP contribution in [-0.2, 0) is 0 Å². The van der Waals surface area contributed by atoms with Gasteiger partial charge < -0.3 is 4.98 Å². The monoisotopic (exact) mass is 246 g/mol. The van der Waals surface area contributed by atoms with Crippen molar-refractivity contribution in [1.82, 2.24) is 9.97 Å². The molecule has 0 saturated carbocycles. The van der Waals surface area contributed by atoms with E-state index in [9.17, 15) is 0 Å². The molecule has 0 bridgehead atoms. The van der Waals surface area contributed by atoms with Crippen molar-refractivity contribution in [2.75, 3.05) is 0 Å². The number of H-pyrrole nitrogens is 1. The Hall–Kier alpha value is -1.94. The summed E-state index contributed by atoms with van der Waals surface area (Å²) in [7, 11) is 0. The van der Waals surface area contributed by atoms with E-state index in [1.807, 2.05) is 25.1 Å². The van der Waals surface area contributed by atoms with Crippen molar-refractivity contribution in [1.29, 1.82) is 5.41 Å². The quantitative estimate of drug-likeness (QED) is 0.477. The molecule has 0 aromatic carbocycles. The molecule has 2 aromatic heterocycles. The summed E-state index contributed by atoms with van der Waals surface area (Å²) in [6.07, 6.45) is 4.48. The van der Waals surface area contributed by atoms with Gasteiger partial charge in [-0.2, -0.15) is 0 Å². The minimum atomic E-state index is 0.461. The summed E-state index contributed by atoms with van der Waals surface area (Å²) >= 11 is 6.06. The largest absolute Gasteiger partial charge is 0.347 e. The van der Waals surface area contributed by atoms with Crippen LogP contribution in [0.15, 0.2) is 35.6 Å². The number of aromatic amines is 1. The van der Waals surface area contributed by atoms with Crippen LogP contribution in [0.25, 0.3) is 11.1 Å². The molecule has 0 aliphatic rings. The Morgan fingerprint density at radius 2 is 2.29 bits per heavy atom. The second-order valence-corrected chi connectivity index (χ2v) is 3.93. The number of rotatable bonds is 2. The minimum Gasteiger partial charge on any atom is -0.347 e. The lowest BCUT2D eigenvalue weighted by atomic mass is 10.1. The maximum atomic E-state index is 6.94. The molecule has 0 spiro atoms. The first-order valence-corrected chi connectivity index (χ1v) is 5.42. The summed E-state index contributed by atoms with van der Waals surface area (Å²) in [5, 5.41) is 7.40. The first-order valence-electron chi connectivity index (χ1n) is 5.05. The number of halogens is 1. The zero-order chi connectivity index (χ0) is 12.3. The molecule has 4 nitrogen and oxygen atoms in total. The van der Waals surface area contributed by atoms with Crippen LogP contribution >= 0.6 is 11.6 Å². The zero-order valence-corrected chi connectivity index (χ0v) is 9.99. The van der Waals surface area contributed by atoms with Gasteiger partial charge in [0, 0.05) is 18.0 Å². The summed E-state index contributed by atoms with van der Waals surface area (Å²) in [5.41, 5.74) is 3.44. The molecule has 0 fully saturated rings. The van der Waals surface area contributed by atoms with Crippen molar-refractivity contribution in [3.63, 3.8) is 0 Å². The Bertz CT molecular complexity index is 616. The smallest absolute Gasteiger partial charge is 0.136 e. The first kappa shape index (κ1) is 11.5. The Balaban J connectivity index is 2.60. The highest BCUT2D eigenvalue weighted by atomic mass is 35.5. The van der Waals surface area contributed by atoms with Gasteiger partial charge >= 0.3 is 0 Å². The number of aryl methyl sites for hydroxylation is 1. The van der Waals surface area contributed by atoms with Gasteiger partial charge in [-0.05, 0) is 36.2 Å². The van der Waals surface area contributed by atoms with Gasteiger partial charge in [0.05, 0.1) is 0 Å². The van der Waals surface area contributed by atoms with Gasteiger partial charge in [-0.25, -0.2) is 9.98 Å². The van der Waals surface area contributed by atoms with E-state index in [2.05, 4.69) is 15.0 Å². The number of hydrogen-bond donors (Lipinski definition) is 2. The molecule has 2 N–H and O–H groups in total. The van der Waals surface area contributed by atoms with Crippen molar-refractivity contribution in [3.8, 4) is 11.1 Å². The molecule has 0 atom stereocenters. The van der Waals surface area contributed by atoms with Crippen LogP contribution in [0.3, 0.4) is 0 Å². The number of pyridine rings is 2. The van der Waals surface area contributed by atoms with E-state index < -0.39 is 0 Å². The summed E-state index contributed by atoms with van der Waals surface area (Å²) in [5.74, 6) is 0. The van der Waals surface area contributed by atoms with Crippen LogP contribution in [-0.4, -0.2) is 16.3 Å². The first-order chi connectivity index (χ1) is 8.20. The molecule has 0 aliphatic carbocycles. The standard InChI is InChI=1S/C12H11ClN4/c1-8-4-10(12(13)16-6-8)9-2-3-15-11(5-9)17-7-14/h2-7H,1H3,(H2,14,15,17). The van der Waals surface area contributed by atoms with E-state index in [1.165, 1.54) is 0 Å². The third kappa shape index (κ3) is 2.60. The molecule has 5 heteroatoms. The number of aromatic nitrogens is 2. The van der Waals surface area contributed by atoms with Crippen LogP contribution in [0.4, 0.5) is 0 Å². The fourth-order valence-electron chi connectivity index (χ4n) is 1.52. The SMILES string of the molecule is Cc1cnc(Cl)c(-c2cc[nH]/c(=N\C=N)c2)c1. The highest BCUT2D eigenvalue weighted by molar-refractivity contribution is 6.32. The van der Waals surface area contributed by atoms with Gasteiger partial charge in [0.25, 0.3) is 0 Å². The van der Waals surface area contributed by atoms with Crippen molar-refractivity contribution >= 4 is 17.9 Å². The molecule has 0 unspecified atom stereocenters. The second-order valence-electron chi connectivity index (χ2n) is 3.57. The molecule has 0 saturated heterocycles. The van der Waals surface area contributed by atoms with Crippen molar-refractivity contribution in [2.45, 2.75) is 6.92 Å². The fourth-order valence-corrected chi connectivity index (χ4v) is 1.73. The van der Waals surface area contributed by atoms with E-state index >= 15 is 0 Å². The van der Waals surface area contributed by atoms with E-state index in [4.69, 9.17) is 17.0 Å². The third-order valence-corrected chi connectivity index (χ3v) is 2.58. The number of nitrogens with one attached hydrogen (secondary N) is 2. The normalized spacial score (nSPS) is 11.5. The molecule has 17 heavy (non-hydrogen) atoms. The molecule has 0 amide bonds. The molecule has 2 aromatic rings. The number of nitrogens with zero attached hydrogens (tertiary/aromatic N) is 2. The Labute approximate surface area is 104 Å². The van der Waals surface area contributed by atoms with E-state index in [0.29, 0.717) is 10.6 Å². The average Bonchev–Trinajstić information content (AvgIpc) is 2.33. The molecule has 2 rings (SSSR count). The van der Waals surface area contributed by atoms with Crippen LogP contribution in [0.1, 0.15) is 5.56 Å². The highest BCUT2D eigenvalue weighted by Crippen LogP contribution is 2.25.